The fourth-order valence-corrected chi connectivity index (χ4v) is 1.76. The van der Waals surface area contributed by atoms with Crippen LogP contribution in [0.15, 0.2) is 22.7 Å². The third kappa shape index (κ3) is 4.54. The molecule has 1 amide bonds. The van der Waals surface area contributed by atoms with E-state index in [1.165, 1.54) is 12.1 Å². The van der Waals surface area contributed by atoms with Crippen LogP contribution in [-0.4, -0.2) is 23.5 Å². The fraction of sp³-hybridized carbons (Fsp3) is 0.273. The Labute approximate surface area is 107 Å². The molecular weight excluding hydrogens is 288 g/mol. The zero-order valence-electron chi connectivity index (χ0n) is 9.07. The molecule has 0 heterocycles. The number of hydrogen-bond donors (Lipinski definition) is 3. The summed E-state index contributed by atoms with van der Waals surface area (Å²) in [4.78, 5) is 22.2. The van der Waals surface area contributed by atoms with Gasteiger partial charge in [0.2, 0.25) is 5.91 Å². The van der Waals surface area contributed by atoms with Gasteiger partial charge in [-0.15, -0.1) is 0 Å². The van der Waals surface area contributed by atoms with Gasteiger partial charge in [-0.1, -0.05) is 15.9 Å². The highest BCUT2D eigenvalue weighted by Crippen LogP contribution is 2.20. The average Bonchev–Trinajstić information content (AvgIpc) is 2.25. The van der Waals surface area contributed by atoms with E-state index in [0.717, 1.165) is 0 Å². The van der Waals surface area contributed by atoms with E-state index in [1.54, 1.807) is 6.07 Å². The minimum atomic E-state index is -1.04. The van der Waals surface area contributed by atoms with Crippen LogP contribution in [0.3, 0.4) is 0 Å². The highest BCUT2D eigenvalue weighted by atomic mass is 79.9. The molecule has 17 heavy (non-hydrogen) atoms. The van der Waals surface area contributed by atoms with Gasteiger partial charge < -0.3 is 16.2 Å². The molecule has 0 aliphatic heterocycles. The molecule has 0 aromatic heterocycles. The van der Waals surface area contributed by atoms with Crippen LogP contribution in [0.2, 0.25) is 0 Å². The molecule has 1 aromatic carbocycles. The van der Waals surface area contributed by atoms with Crippen LogP contribution in [-0.2, 0) is 4.79 Å². The lowest BCUT2D eigenvalue weighted by Crippen LogP contribution is -2.13. The second-order valence-corrected chi connectivity index (χ2v) is 4.39. The Kier molecular flexibility index (Phi) is 5.11. The van der Waals surface area contributed by atoms with Gasteiger partial charge in [-0.3, -0.25) is 4.79 Å². The van der Waals surface area contributed by atoms with Crippen molar-refractivity contribution in [2.75, 3.05) is 11.9 Å². The van der Waals surface area contributed by atoms with Crippen molar-refractivity contribution in [1.82, 2.24) is 0 Å². The Balaban J connectivity index is 2.77. The van der Waals surface area contributed by atoms with E-state index in [-0.39, 0.29) is 11.5 Å². The standard InChI is InChI=1S/C11H13BrN2O3/c12-8-4-7(11(16)17)5-9(6-8)14-10(15)2-1-3-13/h4-6H,1-3,13H2,(H,14,15)(H,16,17). The number of halogens is 1. The first-order chi connectivity index (χ1) is 8.02. The Morgan fingerprint density at radius 3 is 2.65 bits per heavy atom. The number of carboxylic acids is 1. The van der Waals surface area contributed by atoms with Gasteiger partial charge in [0.05, 0.1) is 5.56 Å². The third-order valence-electron chi connectivity index (χ3n) is 2.04. The van der Waals surface area contributed by atoms with Gasteiger partial charge in [0.1, 0.15) is 0 Å². The third-order valence-corrected chi connectivity index (χ3v) is 2.49. The molecule has 1 aromatic rings. The zero-order chi connectivity index (χ0) is 12.8. The quantitative estimate of drug-likeness (QED) is 0.773. The van der Waals surface area contributed by atoms with Crippen LogP contribution in [0.25, 0.3) is 0 Å². The van der Waals surface area contributed by atoms with Crippen LogP contribution < -0.4 is 11.1 Å². The molecule has 0 unspecified atom stereocenters. The Hall–Kier alpha value is -1.40. The summed E-state index contributed by atoms with van der Waals surface area (Å²) in [6.07, 6.45) is 0.928. The summed E-state index contributed by atoms with van der Waals surface area (Å²) in [7, 11) is 0. The smallest absolute Gasteiger partial charge is 0.335 e. The van der Waals surface area contributed by atoms with Crippen LogP contribution in [0.4, 0.5) is 5.69 Å². The lowest BCUT2D eigenvalue weighted by Gasteiger charge is -2.06. The number of anilines is 1. The summed E-state index contributed by atoms with van der Waals surface area (Å²) in [5, 5.41) is 11.5. The van der Waals surface area contributed by atoms with Crippen molar-refractivity contribution in [3.8, 4) is 0 Å². The number of rotatable bonds is 5. The minimum Gasteiger partial charge on any atom is -0.478 e. The number of carbonyl (C=O) groups excluding carboxylic acids is 1. The normalized spacial score (nSPS) is 10.0. The maximum Gasteiger partial charge on any atom is 0.335 e. The van der Waals surface area contributed by atoms with Gasteiger partial charge in [-0.2, -0.15) is 0 Å². The molecule has 92 valence electrons. The monoisotopic (exact) mass is 300 g/mol. The van der Waals surface area contributed by atoms with Gasteiger partial charge in [0.25, 0.3) is 0 Å². The van der Waals surface area contributed by atoms with Crippen molar-refractivity contribution >= 4 is 33.5 Å². The van der Waals surface area contributed by atoms with Crippen LogP contribution in [0, 0.1) is 0 Å². The van der Waals surface area contributed by atoms with Crippen molar-refractivity contribution in [2.45, 2.75) is 12.8 Å². The highest BCUT2D eigenvalue weighted by molar-refractivity contribution is 9.10. The van der Waals surface area contributed by atoms with Crippen LogP contribution in [0.1, 0.15) is 23.2 Å². The molecule has 0 atom stereocenters. The molecule has 6 heteroatoms. The van der Waals surface area contributed by atoms with E-state index in [4.69, 9.17) is 10.8 Å². The summed E-state index contributed by atoms with van der Waals surface area (Å²) in [5.41, 5.74) is 5.87. The molecule has 0 radical (unpaired) electrons. The molecule has 0 aliphatic carbocycles. The topological polar surface area (TPSA) is 92.4 Å². The minimum absolute atomic E-state index is 0.119. The molecular formula is C11H13BrN2O3. The van der Waals surface area contributed by atoms with E-state index < -0.39 is 5.97 Å². The van der Waals surface area contributed by atoms with E-state index in [1.807, 2.05) is 0 Å². The molecule has 4 N–H and O–H groups in total. The molecule has 0 fully saturated rings. The average molecular weight is 301 g/mol. The van der Waals surface area contributed by atoms with Crippen LogP contribution >= 0.6 is 15.9 Å². The predicted octanol–water partition coefficient (Wildman–Crippen LogP) is 1.82. The maximum atomic E-state index is 11.4. The summed E-state index contributed by atoms with van der Waals surface area (Å²) in [6, 6.07) is 4.53. The number of hydrogen-bond acceptors (Lipinski definition) is 3. The molecule has 0 aliphatic rings. The summed E-state index contributed by atoms with van der Waals surface area (Å²) in [6.45, 7) is 0.451. The first kappa shape index (κ1) is 13.7. The van der Waals surface area contributed by atoms with Gasteiger partial charge in [-0.05, 0) is 31.2 Å². The lowest BCUT2D eigenvalue weighted by molar-refractivity contribution is -0.116. The summed E-state index contributed by atoms with van der Waals surface area (Å²) in [5.74, 6) is -1.21. The van der Waals surface area contributed by atoms with E-state index in [2.05, 4.69) is 21.2 Å². The number of carbonyl (C=O) groups is 2. The Morgan fingerprint density at radius 2 is 2.06 bits per heavy atom. The molecule has 0 saturated heterocycles. The van der Waals surface area contributed by atoms with Crippen molar-refractivity contribution in [1.29, 1.82) is 0 Å². The molecule has 0 bridgehead atoms. The zero-order valence-corrected chi connectivity index (χ0v) is 10.7. The first-order valence-corrected chi connectivity index (χ1v) is 5.86. The van der Waals surface area contributed by atoms with E-state index >= 15 is 0 Å². The summed E-state index contributed by atoms with van der Waals surface area (Å²) >= 11 is 3.19. The van der Waals surface area contributed by atoms with Gasteiger partial charge >= 0.3 is 5.97 Å². The molecule has 0 spiro atoms. The van der Waals surface area contributed by atoms with Gasteiger partial charge in [0.15, 0.2) is 0 Å². The second-order valence-electron chi connectivity index (χ2n) is 3.47. The van der Waals surface area contributed by atoms with Crippen molar-refractivity contribution in [2.24, 2.45) is 5.73 Å². The number of aromatic carboxylic acids is 1. The number of amides is 1. The number of nitrogens with two attached hydrogens (primary N) is 1. The molecule has 5 nitrogen and oxygen atoms in total. The van der Waals surface area contributed by atoms with Gasteiger partial charge in [-0.25, -0.2) is 4.79 Å². The number of benzene rings is 1. The van der Waals surface area contributed by atoms with E-state index in [0.29, 0.717) is 29.5 Å². The first-order valence-electron chi connectivity index (χ1n) is 5.06. The second kappa shape index (κ2) is 6.36. The lowest BCUT2D eigenvalue weighted by atomic mass is 10.2. The van der Waals surface area contributed by atoms with Crippen molar-refractivity contribution < 1.29 is 14.7 Å². The van der Waals surface area contributed by atoms with Crippen molar-refractivity contribution in [3.05, 3.63) is 28.2 Å². The maximum absolute atomic E-state index is 11.4. The number of nitrogens with one attached hydrogen (secondary N) is 1. The van der Waals surface area contributed by atoms with Gasteiger partial charge in [0, 0.05) is 16.6 Å². The fourth-order valence-electron chi connectivity index (χ4n) is 1.27. The number of carboxylic acid groups (broad SMARTS) is 1. The summed E-state index contributed by atoms with van der Waals surface area (Å²) < 4.78 is 0.603. The molecule has 0 saturated carbocycles. The van der Waals surface area contributed by atoms with E-state index in [9.17, 15) is 9.59 Å². The SMILES string of the molecule is NCCCC(=O)Nc1cc(Br)cc(C(=O)O)c1. The van der Waals surface area contributed by atoms with Crippen LogP contribution in [0.5, 0.6) is 0 Å². The van der Waals surface area contributed by atoms with Crippen molar-refractivity contribution in [3.63, 3.8) is 0 Å². The predicted molar refractivity (Wildman–Crippen MR) is 68.0 cm³/mol. The largest absolute Gasteiger partial charge is 0.478 e. The Morgan fingerprint density at radius 1 is 1.35 bits per heavy atom. The highest BCUT2D eigenvalue weighted by Gasteiger charge is 2.08. The Bertz CT molecular complexity index is 435. The molecule has 1 rings (SSSR count).